The third-order valence-electron chi connectivity index (χ3n) is 4.46. The third kappa shape index (κ3) is 5.99. The van der Waals surface area contributed by atoms with E-state index in [4.69, 9.17) is 9.47 Å². The molecule has 0 heterocycles. The number of methoxy groups -OCH3 is 1. The highest BCUT2D eigenvalue weighted by atomic mass is 32.2. The second-order valence-electron chi connectivity index (χ2n) is 6.92. The van der Waals surface area contributed by atoms with Crippen molar-refractivity contribution in [1.29, 1.82) is 0 Å². The third-order valence-corrected chi connectivity index (χ3v) is 5.86. The number of hydrogen-bond donors (Lipinski definition) is 2. The summed E-state index contributed by atoms with van der Waals surface area (Å²) >= 11 is 0. The van der Waals surface area contributed by atoms with Crippen LogP contribution >= 0.6 is 0 Å². The zero-order chi connectivity index (χ0) is 22.4. The Morgan fingerprint density at radius 1 is 0.903 bits per heavy atom. The molecular formula is C23H24N2O5S. The average Bonchev–Trinajstić information content (AvgIpc) is 2.75. The van der Waals surface area contributed by atoms with E-state index in [0.29, 0.717) is 22.9 Å². The molecule has 1 amide bonds. The highest BCUT2D eigenvalue weighted by Crippen LogP contribution is 2.21. The van der Waals surface area contributed by atoms with Gasteiger partial charge in [-0.15, -0.1) is 0 Å². The SMILES string of the molecule is COc1cccc(O[C@H](C)C(=O)Nc2ccc(S(=O)(=O)Nc3ccc(C)cc3)cc2)c1. The molecule has 1 atom stereocenters. The van der Waals surface area contributed by atoms with Gasteiger partial charge in [0.05, 0.1) is 12.0 Å². The van der Waals surface area contributed by atoms with Gasteiger partial charge in [-0.25, -0.2) is 8.42 Å². The zero-order valence-electron chi connectivity index (χ0n) is 17.5. The van der Waals surface area contributed by atoms with Crippen LogP contribution in [0.15, 0.2) is 77.7 Å². The number of nitrogens with one attached hydrogen (secondary N) is 2. The van der Waals surface area contributed by atoms with E-state index in [1.807, 2.05) is 19.1 Å². The van der Waals surface area contributed by atoms with Crippen molar-refractivity contribution in [3.8, 4) is 11.5 Å². The predicted octanol–water partition coefficient (Wildman–Crippen LogP) is 4.21. The zero-order valence-corrected chi connectivity index (χ0v) is 18.3. The lowest BCUT2D eigenvalue weighted by molar-refractivity contribution is -0.122. The summed E-state index contributed by atoms with van der Waals surface area (Å²) in [6, 6.07) is 19.9. The maximum absolute atomic E-state index is 12.6. The highest BCUT2D eigenvalue weighted by Gasteiger charge is 2.17. The van der Waals surface area contributed by atoms with Gasteiger partial charge >= 0.3 is 0 Å². The van der Waals surface area contributed by atoms with E-state index in [0.717, 1.165) is 5.56 Å². The van der Waals surface area contributed by atoms with E-state index in [-0.39, 0.29) is 10.8 Å². The van der Waals surface area contributed by atoms with Crippen LogP contribution in [0.3, 0.4) is 0 Å². The highest BCUT2D eigenvalue weighted by molar-refractivity contribution is 7.92. The van der Waals surface area contributed by atoms with Crippen LogP contribution in [0.1, 0.15) is 12.5 Å². The van der Waals surface area contributed by atoms with E-state index >= 15 is 0 Å². The predicted molar refractivity (Wildman–Crippen MR) is 120 cm³/mol. The summed E-state index contributed by atoms with van der Waals surface area (Å²) in [5.74, 6) is 0.767. The second-order valence-corrected chi connectivity index (χ2v) is 8.61. The number of benzene rings is 3. The van der Waals surface area contributed by atoms with Crippen molar-refractivity contribution in [2.45, 2.75) is 24.8 Å². The van der Waals surface area contributed by atoms with Crippen LogP contribution in [0, 0.1) is 6.92 Å². The standard InChI is InChI=1S/C23H24N2O5S/c1-16-7-9-19(10-8-16)25-31(27,28)22-13-11-18(12-14-22)24-23(26)17(2)30-21-6-4-5-20(15-21)29-3/h4-15,17,25H,1-3H3,(H,24,26)/t17-/m1/s1. The molecule has 0 unspecified atom stereocenters. The van der Waals surface area contributed by atoms with Gasteiger partial charge in [0.1, 0.15) is 11.5 Å². The fourth-order valence-corrected chi connectivity index (χ4v) is 3.79. The lowest BCUT2D eigenvalue weighted by Gasteiger charge is -2.15. The molecule has 0 aliphatic heterocycles. The monoisotopic (exact) mass is 440 g/mol. The van der Waals surface area contributed by atoms with Crippen LogP contribution in [0.25, 0.3) is 0 Å². The maximum Gasteiger partial charge on any atom is 0.265 e. The Kier molecular flexibility index (Phi) is 6.81. The van der Waals surface area contributed by atoms with Crippen LogP contribution < -0.4 is 19.5 Å². The summed E-state index contributed by atoms with van der Waals surface area (Å²) in [5, 5.41) is 2.71. The topological polar surface area (TPSA) is 93.7 Å². The lowest BCUT2D eigenvalue weighted by atomic mass is 10.2. The normalized spacial score (nSPS) is 12.0. The molecule has 31 heavy (non-hydrogen) atoms. The van der Waals surface area contributed by atoms with Gasteiger partial charge < -0.3 is 14.8 Å². The van der Waals surface area contributed by atoms with Gasteiger partial charge in [-0.2, -0.15) is 0 Å². The fourth-order valence-electron chi connectivity index (χ4n) is 2.73. The summed E-state index contributed by atoms with van der Waals surface area (Å²) in [4.78, 5) is 12.5. The quantitative estimate of drug-likeness (QED) is 0.547. The van der Waals surface area contributed by atoms with E-state index in [2.05, 4.69) is 10.0 Å². The molecule has 3 aromatic rings. The minimum Gasteiger partial charge on any atom is -0.497 e. The van der Waals surface area contributed by atoms with E-state index in [9.17, 15) is 13.2 Å². The molecule has 7 nitrogen and oxygen atoms in total. The van der Waals surface area contributed by atoms with Crippen molar-refractivity contribution >= 4 is 27.3 Å². The van der Waals surface area contributed by atoms with Gasteiger partial charge in [0.2, 0.25) is 0 Å². The molecule has 8 heteroatoms. The smallest absolute Gasteiger partial charge is 0.265 e. The van der Waals surface area contributed by atoms with Crippen LogP contribution in [0.2, 0.25) is 0 Å². The minimum absolute atomic E-state index is 0.0896. The van der Waals surface area contributed by atoms with Gasteiger partial charge in [-0.05, 0) is 62.4 Å². The number of anilines is 2. The number of ether oxygens (including phenoxy) is 2. The van der Waals surface area contributed by atoms with Gasteiger partial charge in [0.15, 0.2) is 6.10 Å². The Morgan fingerprint density at radius 3 is 2.16 bits per heavy atom. The molecule has 0 aromatic heterocycles. The molecule has 3 rings (SSSR count). The van der Waals surface area contributed by atoms with Crippen LogP contribution in [0.5, 0.6) is 11.5 Å². The molecule has 2 N–H and O–H groups in total. The summed E-state index contributed by atoms with van der Waals surface area (Å²) < 4.78 is 38.4. The Labute approximate surface area is 182 Å². The van der Waals surface area contributed by atoms with Crippen molar-refractivity contribution in [2.24, 2.45) is 0 Å². The molecular weight excluding hydrogens is 416 g/mol. The van der Waals surface area contributed by atoms with Crippen molar-refractivity contribution in [3.63, 3.8) is 0 Å². The number of carbonyl (C=O) groups is 1. The van der Waals surface area contributed by atoms with E-state index < -0.39 is 16.1 Å². The van der Waals surface area contributed by atoms with Crippen molar-refractivity contribution in [1.82, 2.24) is 0 Å². The van der Waals surface area contributed by atoms with Crippen LogP contribution in [0.4, 0.5) is 11.4 Å². The van der Waals surface area contributed by atoms with Gasteiger partial charge in [-0.1, -0.05) is 23.8 Å². The minimum atomic E-state index is -3.73. The van der Waals surface area contributed by atoms with Crippen LogP contribution in [-0.4, -0.2) is 27.5 Å². The summed E-state index contributed by atoms with van der Waals surface area (Å²) in [7, 11) is -2.18. The molecule has 0 bridgehead atoms. The number of hydrogen-bond acceptors (Lipinski definition) is 5. The summed E-state index contributed by atoms with van der Waals surface area (Å²) in [6.45, 7) is 3.55. The van der Waals surface area contributed by atoms with Crippen molar-refractivity contribution < 1.29 is 22.7 Å². The first-order valence-corrected chi connectivity index (χ1v) is 11.1. The largest absolute Gasteiger partial charge is 0.497 e. The lowest BCUT2D eigenvalue weighted by Crippen LogP contribution is -2.30. The average molecular weight is 441 g/mol. The Balaban J connectivity index is 1.62. The molecule has 0 spiro atoms. The first-order valence-electron chi connectivity index (χ1n) is 9.58. The number of aryl methyl sites for hydroxylation is 1. The Bertz CT molecular complexity index is 1140. The second kappa shape index (κ2) is 9.53. The van der Waals surface area contributed by atoms with Gasteiger partial charge in [-0.3, -0.25) is 9.52 Å². The number of rotatable bonds is 8. The number of sulfonamides is 1. The fraction of sp³-hybridized carbons (Fsp3) is 0.174. The summed E-state index contributed by atoms with van der Waals surface area (Å²) in [6.07, 6.45) is -0.765. The number of carbonyl (C=O) groups excluding carboxylic acids is 1. The summed E-state index contributed by atoms with van der Waals surface area (Å²) in [5.41, 5.74) is 1.97. The molecule has 0 fully saturated rings. The van der Waals surface area contributed by atoms with Gasteiger partial charge in [0, 0.05) is 17.4 Å². The Hall–Kier alpha value is -3.52. The molecule has 0 aliphatic carbocycles. The molecule has 0 radical (unpaired) electrons. The molecule has 0 aliphatic rings. The van der Waals surface area contributed by atoms with Gasteiger partial charge in [0.25, 0.3) is 15.9 Å². The Morgan fingerprint density at radius 2 is 1.52 bits per heavy atom. The van der Waals surface area contributed by atoms with Crippen molar-refractivity contribution in [2.75, 3.05) is 17.1 Å². The first kappa shape index (κ1) is 22.2. The molecule has 162 valence electrons. The van der Waals surface area contributed by atoms with Crippen LogP contribution in [-0.2, 0) is 14.8 Å². The van der Waals surface area contributed by atoms with E-state index in [1.165, 1.54) is 24.3 Å². The first-order chi connectivity index (χ1) is 14.8. The van der Waals surface area contributed by atoms with Crippen molar-refractivity contribution in [3.05, 3.63) is 78.4 Å². The number of amides is 1. The molecule has 3 aromatic carbocycles. The molecule has 0 saturated heterocycles. The maximum atomic E-state index is 12.6. The van der Waals surface area contributed by atoms with E-state index in [1.54, 1.807) is 50.4 Å². The molecule has 0 saturated carbocycles.